The summed E-state index contributed by atoms with van der Waals surface area (Å²) < 4.78 is 14.4. The number of aryl methyl sites for hydroxylation is 1. The Morgan fingerprint density at radius 3 is 2.41 bits per heavy atom. The lowest BCUT2D eigenvalue weighted by Gasteiger charge is -2.25. The molecule has 0 aliphatic rings. The Balaban J connectivity index is 1.51. The van der Waals surface area contributed by atoms with Crippen LogP contribution in [0.3, 0.4) is 0 Å². The summed E-state index contributed by atoms with van der Waals surface area (Å²) in [4.78, 5) is 37.5. The Morgan fingerprint density at radius 1 is 1.04 bits per heavy atom. The number of nitrogens with one attached hydrogen (secondary N) is 2. The van der Waals surface area contributed by atoms with Crippen LogP contribution < -0.4 is 10.6 Å². The molecule has 0 spiro atoms. The zero-order valence-corrected chi connectivity index (χ0v) is 28.2. The zero-order valence-electron chi connectivity index (χ0n) is 27.4. The maximum absolute atomic E-state index is 14.4. The number of hydrogen-bond donors (Lipinski definition) is 3. The molecule has 8 nitrogen and oxygen atoms in total. The van der Waals surface area contributed by atoms with E-state index in [0.717, 1.165) is 27.4 Å². The van der Waals surface area contributed by atoms with Gasteiger partial charge in [0, 0.05) is 60.3 Å². The molecule has 2 atom stereocenters. The first-order valence-corrected chi connectivity index (χ1v) is 16.4. The minimum Gasteiger partial charge on any atom is -0.390 e. The second kappa shape index (κ2) is 15.5. The molecule has 10 heteroatoms. The predicted octanol–water partition coefficient (Wildman–Crippen LogP) is 5.94. The molecule has 2 aromatic heterocycles. The molecule has 46 heavy (non-hydrogen) atoms. The first kappa shape index (κ1) is 34.9. The number of aromatic nitrogens is 2. The lowest BCUT2D eigenvalue weighted by molar-refractivity contribution is 0.0784. The van der Waals surface area contributed by atoms with Gasteiger partial charge in [0.1, 0.15) is 10.7 Å². The Bertz CT molecular complexity index is 1620. The Labute approximate surface area is 275 Å². The number of amides is 2. The molecule has 0 bridgehead atoms. The number of carbonyl (C=O) groups excluding carboxylic acids is 2. The van der Waals surface area contributed by atoms with Crippen LogP contribution >= 0.6 is 11.3 Å². The van der Waals surface area contributed by atoms with Gasteiger partial charge in [0.05, 0.1) is 18.7 Å². The SMILES string of the molecule is Cc1csc(CN(C)C(=O)c2cc(C(=O)N[C@@H](Cc3ccccc3)[C@H](O)CNCc3cncc(C(C)(C)F)c3)cc(C(C)C)c2)n1. The lowest BCUT2D eigenvalue weighted by Crippen LogP contribution is -2.48. The van der Waals surface area contributed by atoms with Crippen molar-refractivity contribution in [3.63, 3.8) is 0 Å². The number of pyridine rings is 1. The second-order valence-corrected chi connectivity index (χ2v) is 13.5. The highest BCUT2D eigenvalue weighted by molar-refractivity contribution is 7.09. The number of hydrogen-bond acceptors (Lipinski definition) is 7. The predicted molar refractivity (Wildman–Crippen MR) is 181 cm³/mol. The van der Waals surface area contributed by atoms with Gasteiger partial charge in [-0.25, -0.2) is 9.37 Å². The summed E-state index contributed by atoms with van der Waals surface area (Å²) in [6.45, 7) is 9.84. The molecular weight excluding hydrogens is 601 g/mol. The van der Waals surface area contributed by atoms with Crippen molar-refractivity contribution in [2.45, 2.75) is 77.9 Å². The summed E-state index contributed by atoms with van der Waals surface area (Å²) in [5.41, 5.74) is 3.26. The van der Waals surface area contributed by atoms with Crippen molar-refractivity contribution in [1.82, 2.24) is 25.5 Å². The van der Waals surface area contributed by atoms with E-state index in [1.165, 1.54) is 31.4 Å². The molecule has 244 valence electrons. The van der Waals surface area contributed by atoms with Crippen LogP contribution in [-0.2, 0) is 25.2 Å². The number of alkyl halides is 1. The van der Waals surface area contributed by atoms with E-state index in [2.05, 4.69) is 20.6 Å². The molecule has 0 saturated carbocycles. The number of rotatable bonds is 14. The Hall–Kier alpha value is -3.99. The molecule has 2 aromatic carbocycles. The average Bonchev–Trinajstić information content (AvgIpc) is 3.44. The van der Waals surface area contributed by atoms with Gasteiger partial charge in [-0.05, 0) is 74.1 Å². The molecule has 4 rings (SSSR count). The monoisotopic (exact) mass is 645 g/mol. The lowest BCUT2D eigenvalue weighted by atomic mass is 9.96. The maximum Gasteiger partial charge on any atom is 0.254 e. The minimum atomic E-state index is -1.51. The molecule has 0 radical (unpaired) electrons. The number of aliphatic hydroxyl groups excluding tert-OH is 1. The number of halogens is 1. The fourth-order valence-electron chi connectivity index (χ4n) is 5.03. The van der Waals surface area contributed by atoms with Crippen molar-refractivity contribution in [2.24, 2.45) is 0 Å². The third-order valence-electron chi connectivity index (χ3n) is 7.76. The van der Waals surface area contributed by atoms with Crippen LogP contribution in [0.15, 0.2) is 72.4 Å². The van der Waals surface area contributed by atoms with E-state index in [0.29, 0.717) is 36.2 Å². The first-order chi connectivity index (χ1) is 21.8. The molecule has 3 N–H and O–H groups in total. The normalized spacial score (nSPS) is 13.0. The van der Waals surface area contributed by atoms with Crippen molar-refractivity contribution in [1.29, 1.82) is 0 Å². The third kappa shape index (κ3) is 9.75. The fraction of sp³-hybridized carbons (Fsp3) is 0.389. The fourth-order valence-corrected chi connectivity index (χ4v) is 5.85. The van der Waals surface area contributed by atoms with Crippen LogP contribution in [0.1, 0.15) is 87.3 Å². The average molecular weight is 646 g/mol. The van der Waals surface area contributed by atoms with Crippen LogP contribution in [0.2, 0.25) is 0 Å². The Morgan fingerprint density at radius 2 is 1.76 bits per heavy atom. The summed E-state index contributed by atoms with van der Waals surface area (Å²) in [6, 6.07) is 16.0. The molecule has 0 fully saturated rings. The van der Waals surface area contributed by atoms with Crippen molar-refractivity contribution >= 4 is 23.2 Å². The summed E-state index contributed by atoms with van der Waals surface area (Å²) in [5.74, 6) is -0.502. The van der Waals surface area contributed by atoms with E-state index in [9.17, 15) is 19.1 Å². The van der Waals surface area contributed by atoms with Gasteiger partial charge in [0.2, 0.25) is 0 Å². The van der Waals surface area contributed by atoms with Gasteiger partial charge >= 0.3 is 0 Å². The third-order valence-corrected chi connectivity index (χ3v) is 8.71. The molecular formula is C36H44FN5O3S. The summed E-state index contributed by atoms with van der Waals surface area (Å²) in [7, 11) is 1.73. The summed E-state index contributed by atoms with van der Waals surface area (Å²) in [5, 5.41) is 20.4. The van der Waals surface area contributed by atoms with Crippen LogP contribution in [0.25, 0.3) is 0 Å². The van der Waals surface area contributed by atoms with Crippen molar-refractivity contribution in [2.75, 3.05) is 13.6 Å². The zero-order chi connectivity index (χ0) is 33.4. The number of aliphatic hydroxyl groups is 1. The van der Waals surface area contributed by atoms with Gasteiger partial charge in [-0.1, -0.05) is 44.2 Å². The van der Waals surface area contributed by atoms with Crippen molar-refractivity contribution in [3.05, 3.63) is 116 Å². The van der Waals surface area contributed by atoms with E-state index >= 15 is 0 Å². The maximum atomic E-state index is 14.4. The van der Waals surface area contributed by atoms with Crippen LogP contribution in [0, 0.1) is 6.92 Å². The van der Waals surface area contributed by atoms with Crippen molar-refractivity contribution in [3.8, 4) is 0 Å². The quantitative estimate of drug-likeness (QED) is 0.157. The first-order valence-electron chi connectivity index (χ1n) is 15.5. The Kier molecular flexibility index (Phi) is 11.8. The van der Waals surface area contributed by atoms with Crippen LogP contribution in [0.4, 0.5) is 4.39 Å². The number of benzene rings is 2. The topological polar surface area (TPSA) is 107 Å². The van der Waals surface area contributed by atoms with E-state index < -0.39 is 17.8 Å². The molecule has 0 saturated heterocycles. The standard InChI is InChI=1S/C36H44FN5O3S/c1-23(2)27-14-28(16-29(15-27)35(45)42(6)21-33-40-24(3)22-46-33)34(44)41-31(13-25-10-8-7-9-11-25)32(43)20-39-18-26-12-30(19-38-17-26)36(4,5)37/h7-12,14-17,19,22-23,31-32,39,43H,13,18,20-21H2,1-6H3,(H,41,44)/t31-,32+/m0/s1. The van der Waals surface area contributed by atoms with Gasteiger partial charge in [0.25, 0.3) is 11.8 Å². The molecule has 4 aromatic rings. The van der Waals surface area contributed by atoms with E-state index in [4.69, 9.17) is 0 Å². The highest BCUT2D eigenvalue weighted by atomic mass is 32.1. The molecule has 0 unspecified atom stereocenters. The van der Waals surface area contributed by atoms with Gasteiger partial charge in [-0.2, -0.15) is 0 Å². The van der Waals surface area contributed by atoms with Gasteiger partial charge in [-0.15, -0.1) is 11.3 Å². The molecule has 2 amide bonds. The number of thiazole rings is 1. The van der Waals surface area contributed by atoms with E-state index in [1.54, 1.807) is 36.3 Å². The van der Waals surface area contributed by atoms with Gasteiger partial charge < -0.3 is 20.6 Å². The molecule has 2 heterocycles. The summed E-state index contributed by atoms with van der Waals surface area (Å²) >= 11 is 1.51. The number of carbonyl (C=O) groups is 2. The highest BCUT2D eigenvalue weighted by Gasteiger charge is 2.25. The smallest absolute Gasteiger partial charge is 0.254 e. The number of nitrogens with zero attached hydrogens (tertiary/aromatic N) is 3. The largest absolute Gasteiger partial charge is 0.390 e. The minimum absolute atomic E-state index is 0.0806. The molecule has 0 aliphatic carbocycles. The molecule has 0 aliphatic heterocycles. The van der Waals surface area contributed by atoms with Gasteiger partial charge in [-0.3, -0.25) is 14.6 Å². The highest BCUT2D eigenvalue weighted by Crippen LogP contribution is 2.24. The van der Waals surface area contributed by atoms with Crippen LogP contribution in [-0.4, -0.2) is 57.5 Å². The van der Waals surface area contributed by atoms with Crippen molar-refractivity contribution < 1.29 is 19.1 Å². The summed E-state index contributed by atoms with van der Waals surface area (Å²) in [6.07, 6.45) is 2.62. The van der Waals surface area contributed by atoms with Crippen LogP contribution in [0.5, 0.6) is 0 Å². The van der Waals surface area contributed by atoms with Gasteiger partial charge in [0.15, 0.2) is 0 Å². The van der Waals surface area contributed by atoms with E-state index in [1.807, 2.05) is 62.5 Å². The second-order valence-electron chi connectivity index (χ2n) is 12.6. The van der Waals surface area contributed by atoms with E-state index in [-0.39, 0.29) is 24.3 Å².